The van der Waals surface area contributed by atoms with Crippen molar-refractivity contribution in [3.63, 3.8) is 0 Å². The van der Waals surface area contributed by atoms with E-state index in [9.17, 15) is 9.59 Å². The molecule has 0 saturated heterocycles. The lowest BCUT2D eigenvalue weighted by Crippen LogP contribution is -2.22. The summed E-state index contributed by atoms with van der Waals surface area (Å²) >= 11 is 1.30. The molecule has 0 atom stereocenters. The Morgan fingerprint density at radius 3 is 2.63 bits per heavy atom. The number of aryl methyl sites for hydroxylation is 1. The van der Waals surface area contributed by atoms with Crippen molar-refractivity contribution >= 4 is 34.2 Å². The lowest BCUT2D eigenvalue weighted by molar-refractivity contribution is 0.101. The number of aromatic nitrogens is 5. The Bertz CT molecular complexity index is 1450. The number of H-pyrrole nitrogens is 1. The van der Waals surface area contributed by atoms with Crippen LogP contribution in [0.3, 0.4) is 0 Å². The van der Waals surface area contributed by atoms with E-state index in [1.807, 2.05) is 53.8 Å². The minimum Gasteiger partial charge on any atom is -0.359 e. The van der Waals surface area contributed by atoms with Crippen LogP contribution in [-0.4, -0.2) is 35.7 Å². The molecule has 30 heavy (non-hydrogen) atoms. The van der Waals surface area contributed by atoms with Crippen molar-refractivity contribution in [1.29, 1.82) is 0 Å². The standard InChI is InChI=1S/C22H17N5O2S/c1-14-7-2-4-10-17(14)26-20(29)15-8-3-5-11-18(15)27-21(26)24-25-22(27)30-13-19(28)16-9-6-12-23-16/h2-12,23H,13H2,1H3. The third kappa shape index (κ3) is 2.93. The molecule has 8 heteroatoms. The molecule has 0 unspecified atom stereocenters. The smallest absolute Gasteiger partial charge is 0.267 e. The molecular weight excluding hydrogens is 398 g/mol. The molecule has 3 aromatic heterocycles. The van der Waals surface area contributed by atoms with Gasteiger partial charge in [-0.15, -0.1) is 10.2 Å². The summed E-state index contributed by atoms with van der Waals surface area (Å²) in [4.78, 5) is 28.7. The summed E-state index contributed by atoms with van der Waals surface area (Å²) in [5.74, 6) is 0.597. The van der Waals surface area contributed by atoms with Crippen LogP contribution in [0.5, 0.6) is 0 Å². The fourth-order valence-corrected chi connectivity index (χ4v) is 4.34. The lowest BCUT2D eigenvalue weighted by atomic mass is 10.2. The van der Waals surface area contributed by atoms with Gasteiger partial charge in [-0.1, -0.05) is 42.1 Å². The number of hydrogen-bond donors (Lipinski definition) is 1. The van der Waals surface area contributed by atoms with E-state index in [0.29, 0.717) is 27.5 Å². The number of benzene rings is 2. The minimum atomic E-state index is -0.154. The zero-order valence-electron chi connectivity index (χ0n) is 16.1. The van der Waals surface area contributed by atoms with Crippen molar-refractivity contribution in [2.75, 3.05) is 5.75 Å². The molecule has 1 N–H and O–H groups in total. The highest BCUT2D eigenvalue weighted by Crippen LogP contribution is 2.24. The van der Waals surface area contributed by atoms with Gasteiger partial charge in [0.05, 0.1) is 28.0 Å². The number of Topliss-reactive ketones (excluding diaryl/α,β-unsaturated/α-hetero) is 1. The Kier molecular flexibility index (Phi) is 4.48. The van der Waals surface area contributed by atoms with Crippen molar-refractivity contribution in [2.45, 2.75) is 12.1 Å². The van der Waals surface area contributed by atoms with Crippen LogP contribution in [-0.2, 0) is 0 Å². The number of aromatic amines is 1. The molecule has 0 aliphatic carbocycles. The summed E-state index contributed by atoms with van der Waals surface area (Å²) in [5, 5.41) is 9.75. The van der Waals surface area contributed by atoms with Crippen LogP contribution in [0.4, 0.5) is 0 Å². The molecule has 3 heterocycles. The predicted molar refractivity (Wildman–Crippen MR) is 117 cm³/mol. The van der Waals surface area contributed by atoms with Crippen molar-refractivity contribution in [1.82, 2.24) is 24.1 Å². The fraction of sp³-hybridized carbons (Fsp3) is 0.0909. The minimum absolute atomic E-state index is 0.0294. The van der Waals surface area contributed by atoms with Gasteiger partial charge in [-0.05, 0) is 42.8 Å². The number of thioether (sulfide) groups is 1. The second-order valence-electron chi connectivity index (χ2n) is 6.86. The summed E-state index contributed by atoms with van der Waals surface area (Å²) in [6, 6.07) is 18.6. The van der Waals surface area contributed by atoms with Crippen LogP contribution in [0.1, 0.15) is 16.1 Å². The van der Waals surface area contributed by atoms with E-state index in [4.69, 9.17) is 0 Å². The van der Waals surface area contributed by atoms with Gasteiger partial charge in [0, 0.05) is 6.20 Å². The van der Waals surface area contributed by atoms with Crippen LogP contribution < -0.4 is 5.56 Å². The second-order valence-corrected chi connectivity index (χ2v) is 7.80. The molecule has 0 fully saturated rings. The first-order chi connectivity index (χ1) is 14.6. The summed E-state index contributed by atoms with van der Waals surface area (Å²) < 4.78 is 3.43. The maximum atomic E-state index is 13.3. The van der Waals surface area contributed by atoms with Crippen molar-refractivity contribution in [3.05, 3.63) is 88.5 Å². The number of hydrogen-bond acceptors (Lipinski definition) is 5. The van der Waals surface area contributed by atoms with E-state index in [1.54, 1.807) is 29.0 Å². The van der Waals surface area contributed by atoms with E-state index >= 15 is 0 Å². The highest BCUT2D eigenvalue weighted by atomic mass is 32.2. The van der Waals surface area contributed by atoms with Gasteiger partial charge in [0.15, 0.2) is 10.9 Å². The highest BCUT2D eigenvalue weighted by Gasteiger charge is 2.19. The van der Waals surface area contributed by atoms with Crippen LogP contribution >= 0.6 is 11.8 Å². The molecule has 148 valence electrons. The normalized spacial score (nSPS) is 11.4. The first kappa shape index (κ1) is 18.4. The number of carbonyl (C=O) groups excluding carboxylic acids is 1. The van der Waals surface area contributed by atoms with Gasteiger partial charge < -0.3 is 4.98 Å². The molecule has 5 aromatic rings. The highest BCUT2D eigenvalue weighted by molar-refractivity contribution is 7.99. The molecule has 0 aliphatic heterocycles. The number of carbonyl (C=O) groups is 1. The van der Waals surface area contributed by atoms with Crippen molar-refractivity contribution in [3.8, 4) is 5.69 Å². The van der Waals surface area contributed by atoms with E-state index in [-0.39, 0.29) is 17.1 Å². The van der Waals surface area contributed by atoms with Gasteiger partial charge in [-0.25, -0.2) is 4.57 Å². The number of para-hydroxylation sites is 2. The first-order valence-electron chi connectivity index (χ1n) is 9.39. The van der Waals surface area contributed by atoms with Gasteiger partial charge in [-0.2, -0.15) is 0 Å². The van der Waals surface area contributed by atoms with Crippen LogP contribution in [0, 0.1) is 6.92 Å². The SMILES string of the molecule is Cc1ccccc1-n1c(=O)c2ccccc2n2c(SCC(=O)c3ccc[nH]3)nnc12. The van der Waals surface area contributed by atoms with E-state index in [1.165, 1.54) is 11.8 Å². The van der Waals surface area contributed by atoms with Crippen LogP contribution in [0.25, 0.3) is 22.4 Å². The number of fused-ring (bicyclic) bond motifs is 3. The van der Waals surface area contributed by atoms with Crippen LogP contribution in [0.15, 0.2) is 76.8 Å². The molecule has 0 spiro atoms. The molecule has 7 nitrogen and oxygen atoms in total. The van der Waals surface area contributed by atoms with Gasteiger partial charge in [0.2, 0.25) is 5.78 Å². The molecule has 5 rings (SSSR count). The Balaban J connectivity index is 1.71. The molecule has 2 aromatic carbocycles. The lowest BCUT2D eigenvalue weighted by Gasteiger charge is -2.13. The molecular formula is C22H17N5O2S. The maximum Gasteiger partial charge on any atom is 0.267 e. The monoisotopic (exact) mass is 415 g/mol. The number of rotatable bonds is 5. The van der Waals surface area contributed by atoms with E-state index in [2.05, 4.69) is 15.2 Å². The Hall–Kier alpha value is -3.65. The summed E-state index contributed by atoms with van der Waals surface area (Å²) in [7, 11) is 0. The fourth-order valence-electron chi connectivity index (χ4n) is 3.52. The van der Waals surface area contributed by atoms with Gasteiger partial charge in [-0.3, -0.25) is 14.0 Å². The average molecular weight is 415 g/mol. The molecule has 0 radical (unpaired) electrons. The quantitative estimate of drug-likeness (QED) is 0.350. The molecule has 0 saturated carbocycles. The Morgan fingerprint density at radius 1 is 1.03 bits per heavy atom. The first-order valence-corrected chi connectivity index (χ1v) is 10.4. The molecule has 0 aliphatic rings. The second kappa shape index (κ2) is 7.31. The topological polar surface area (TPSA) is 85.0 Å². The third-order valence-corrected chi connectivity index (χ3v) is 5.91. The third-order valence-electron chi connectivity index (χ3n) is 4.98. The Labute approximate surface area is 175 Å². The maximum absolute atomic E-state index is 13.3. The van der Waals surface area contributed by atoms with E-state index < -0.39 is 0 Å². The number of ketones is 1. The van der Waals surface area contributed by atoms with Gasteiger partial charge in [0.1, 0.15) is 0 Å². The van der Waals surface area contributed by atoms with E-state index in [0.717, 1.165) is 11.3 Å². The van der Waals surface area contributed by atoms with Crippen LogP contribution in [0.2, 0.25) is 0 Å². The average Bonchev–Trinajstić information content (AvgIpc) is 3.44. The van der Waals surface area contributed by atoms with Gasteiger partial charge >= 0.3 is 0 Å². The zero-order chi connectivity index (χ0) is 20.7. The zero-order valence-corrected chi connectivity index (χ0v) is 16.9. The van der Waals surface area contributed by atoms with Crippen molar-refractivity contribution < 1.29 is 4.79 Å². The summed E-state index contributed by atoms with van der Waals surface area (Å²) in [6.07, 6.45) is 1.72. The predicted octanol–water partition coefficient (Wildman–Crippen LogP) is 3.64. The largest absolute Gasteiger partial charge is 0.359 e. The van der Waals surface area contributed by atoms with Crippen molar-refractivity contribution in [2.24, 2.45) is 0 Å². The summed E-state index contributed by atoms with van der Waals surface area (Å²) in [5.41, 5.74) is 2.82. The van der Waals surface area contributed by atoms with Gasteiger partial charge in [0.25, 0.3) is 5.56 Å². The molecule has 0 bridgehead atoms. The molecule has 0 amide bonds. The Morgan fingerprint density at radius 2 is 1.83 bits per heavy atom. The summed E-state index contributed by atoms with van der Waals surface area (Å²) in [6.45, 7) is 1.95. The number of nitrogens with one attached hydrogen (secondary N) is 1. The number of nitrogens with zero attached hydrogens (tertiary/aromatic N) is 4.